The Hall–Kier alpha value is -1.89. The largest absolute Gasteiger partial charge is 0.445 e. The quantitative estimate of drug-likeness (QED) is 0.755. The molecule has 2 N–H and O–H groups in total. The van der Waals surface area contributed by atoms with E-state index in [1.165, 1.54) is 7.11 Å². The van der Waals surface area contributed by atoms with E-state index in [1.807, 2.05) is 42.5 Å². The Balaban J connectivity index is 1.94. The van der Waals surface area contributed by atoms with Crippen LogP contribution in [0.15, 0.2) is 59.1 Å². The normalized spacial score (nSPS) is 13.1. The summed E-state index contributed by atoms with van der Waals surface area (Å²) in [5.74, 6) is 0. The second-order valence-electron chi connectivity index (χ2n) is 5.26. The Kier molecular flexibility index (Phi) is 7.24. The molecule has 5 nitrogen and oxygen atoms in total. The molecule has 0 radical (unpaired) electrons. The fourth-order valence-electron chi connectivity index (χ4n) is 2.20. The molecular weight excluding hydrogens is 374 g/mol. The lowest BCUT2D eigenvalue weighted by atomic mass is 10.0. The molecule has 0 spiro atoms. The highest BCUT2D eigenvalue weighted by molar-refractivity contribution is 9.10. The molecule has 0 aliphatic carbocycles. The third-order valence-electron chi connectivity index (χ3n) is 3.45. The molecule has 0 unspecified atom stereocenters. The van der Waals surface area contributed by atoms with E-state index in [1.54, 1.807) is 12.1 Å². The lowest BCUT2D eigenvalue weighted by Gasteiger charge is -2.23. The summed E-state index contributed by atoms with van der Waals surface area (Å²) < 4.78 is 11.2. The number of rotatable bonds is 7. The van der Waals surface area contributed by atoms with Crippen molar-refractivity contribution in [3.63, 3.8) is 0 Å². The number of ether oxygens (including phenoxy) is 2. The maximum absolute atomic E-state index is 12.0. The van der Waals surface area contributed by atoms with Crippen LogP contribution in [0.3, 0.4) is 0 Å². The molecule has 24 heavy (non-hydrogen) atoms. The van der Waals surface area contributed by atoms with Gasteiger partial charge in [-0.1, -0.05) is 58.4 Å². The van der Waals surface area contributed by atoms with E-state index in [0.29, 0.717) is 5.56 Å². The summed E-state index contributed by atoms with van der Waals surface area (Å²) in [5.41, 5.74) is 1.58. The van der Waals surface area contributed by atoms with Crippen molar-refractivity contribution in [3.8, 4) is 0 Å². The minimum Gasteiger partial charge on any atom is -0.445 e. The third kappa shape index (κ3) is 5.63. The van der Waals surface area contributed by atoms with Gasteiger partial charge in [-0.25, -0.2) is 4.79 Å². The summed E-state index contributed by atoms with van der Waals surface area (Å²) >= 11 is 3.35. The van der Waals surface area contributed by atoms with Gasteiger partial charge in [0.25, 0.3) is 0 Å². The van der Waals surface area contributed by atoms with Crippen LogP contribution in [-0.2, 0) is 16.1 Å². The van der Waals surface area contributed by atoms with E-state index < -0.39 is 18.2 Å². The van der Waals surface area contributed by atoms with Gasteiger partial charge in [0.1, 0.15) is 12.7 Å². The van der Waals surface area contributed by atoms with Gasteiger partial charge in [0.15, 0.2) is 0 Å². The minimum atomic E-state index is -0.901. The number of benzene rings is 2. The number of methoxy groups -OCH3 is 1. The lowest BCUT2D eigenvalue weighted by molar-refractivity contribution is 0.0611. The molecule has 2 aromatic rings. The lowest BCUT2D eigenvalue weighted by Crippen LogP contribution is -2.42. The van der Waals surface area contributed by atoms with Gasteiger partial charge in [0, 0.05) is 11.6 Å². The number of carbonyl (C=O) groups excluding carboxylic acids is 1. The number of hydrogen-bond acceptors (Lipinski definition) is 4. The molecule has 128 valence electrons. The molecule has 0 bridgehead atoms. The molecule has 0 fully saturated rings. The predicted octanol–water partition coefficient (Wildman–Crippen LogP) is 3.42. The van der Waals surface area contributed by atoms with Crippen molar-refractivity contribution in [3.05, 3.63) is 70.2 Å². The zero-order valence-corrected chi connectivity index (χ0v) is 14.9. The first-order valence-electron chi connectivity index (χ1n) is 7.50. The van der Waals surface area contributed by atoms with E-state index in [2.05, 4.69) is 21.2 Å². The highest BCUT2D eigenvalue weighted by Crippen LogP contribution is 2.20. The van der Waals surface area contributed by atoms with Gasteiger partial charge >= 0.3 is 6.09 Å². The molecule has 1 amide bonds. The summed E-state index contributed by atoms with van der Waals surface area (Å²) in [6.07, 6.45) is -1.50. The smallest absolute Gasteiger partial charge is 0.407 e. The number of carbonyl (C=O) groups is 1. The van der Waals surface area contributed by atoms with E-state index in [4.69, 9.17) is 9.47 Å². The Morgan fingerprint density at radius 2 is 1.83 bits per heavy atom. The van der Waals surface area contributed by atoms with Gasteiger partial charge in [-0.15, -0.1) is 0 Å². The van der Waals surface area contributed by atoms with Crippen molar-refractivity contribution in [1.82, 2.24) is 5.32 Å². The number of amides is 1. The van der Waals surface area contributed by atoms with Crippen LogP contribution in [0.5, 0.6) is 0 Å². The molecule has 2 atom stereocenters. The summed E-state index contributed by atoms with van der Waals surface area (Å²) in [6, 6.07) is 16.0. The van der Waals surface area contributed by atoms with Crippen molar-refractivity contribution in [2.75, 3.05) is 13.7 Å². The SMILES string of the molecule is COC[C@@H](NC(=O)OCc1ccccc1)[C@H](O)c1ccc(Br)cc1. The van der Waals surface area contributed by atoms with E-state index in [0.717, 1.165) is 10.0 Å². The molecule has 2 aromatic carbocycles. The molecular formula is C18H20BrNO4. The molecule has 0 aliphatic rings. The topological polar surface area (TPSA) is 67.8 Å². The van der Waals surface area contributed by atoms with Crippen LogP contribution in [0.25, 0.3) is 0 Å². The fraction of sp³-hybridized carbons (Fsp3) is 0.278. The first-order valence-corrected chi connectivity index (χ1v) is 8.29. The Morgan fingerprint density at radius 1 is 1.17 bits per heavy atom. The molecule has 0 aromatic heterocycles. The van der Waals surface area contributed by atoms with Gasteiger partial charge in [0.2, 0.25) is 0 Å². The van der Waals surface area contributed by atoms with Crippen molar-refractivity contribution in [2.45, 2.75) is 18.8 Å². The zero-order valence-electron chi connectivity index (χ0n) is 13.3. The second-order valence-corrected chi connectivity index (χ2v) is 6.18. The monoisotopic (exact) mass is 393 g/mol. The van der Waals surface area contributed by atoms with Crippen molar-refractivity contribution in [2.24, 2.45) is 0 Å². The third-order valence-corrected chi connectivity index (χ3v) is 3.98. The van der Waals surface area contributed by atoms with Gasteiger partial charge in [0.05, 0.1) is 12.6 Å². The van der Waals surface area contributed by atoms with Crippen molar-refractivity contribution < 1.29 is 19.4 Å². The van der Waals surface area contributed by atoms with Crippen LogP contribution in [0.2, 0.25) is 0 Å². The maximum Gasteiger partial charge on any atom is 0.407 e. The minimum absolute atomic E-state index is 0.164. The highest BCUT2D eigenvalue weighted by Gasteiger charge is 2.23. The average molecular weight is 394 g/mol. The highest BCUT2D eigenvalue weighted by atomic mass is 79.9. The van der Waals surface area contributed by atoms with Gasteiger partial charge in [-0.05, 0) is 23.3 Å². The van der Waals surface area contributed by atoms with Crippen molar-refractivity contribution in [1.29, 1.82) is 0 Å². The average Bonchev–Trinajstić information content (AvgIpc) is 2.60. The molecule has 0 aliphatic heterocycles. The van der Waals surface area contributed by atoms with Crippen LogP contribution in [0.4, 0.5) is 4.79 Å². The van der Waals surface area contributed by atoms with Crippen LogP contribution in [0.1, 0.15) is 17.2 Å². The summed E-state index contributed by atoms with van der Waals surface area (Å²) in [4.78, 5) is 12.0. The number of nitrogens with one attached hydrogen (secondary N) is 1. The van der Waals surface area contributed by atoms with E-state index in [9.17, 15) is 9.90 Å². The maximum atomic E-state index is 12.0. The number of aliphatic hydroxyl groups is 1. The van der Waals surface area contributed by atoms with E-state index >= 15 is 0 Å². The second kappa shape index (κ2) is 9.42. The number of hydrogen-bond donors (Lipinski definition) is 2. The Morgan fingerprint density at radius 3 is 2.46 bits per heavy atom. The zero-order chi connectivity index (χ0) is 17.4. The molecule has 0 saturated carbocycles. The van der Waals surface area contributed by atoms with E-state index in [-0.39, 0.29) is 13.2 Å². The van der Waals surface area contributed by atoms with Crippen LogP contribution in [-0.4, -0.2) is 31.0 Å². The molecule has 2 rings (SSSR count). The summed E-state index contributed by atoms with van der Waals surface area (Å²) in [5, 5.41) is 13.1. The van der Waals surface area contributed by atoms with Crippen LogP contribution in [0, 0.1) is 0 Å². The molecule has 0 heterocycles. The molecule has 6 heteroatoms. The Bertz CT molecular complexity index is 633. The van der Waals surface area contributed by atoms with Crippen molar-refractivity contribution >= 4 is 22.0 Å². The molecule has 0 saturated heterocycles. The van der Waals surface area contributed by atoms with Gasteiger partial charge < -0.3 is 19.9 Å². The standard InChI is InChI=1S/C18H20BrNO4/c1-23-12-16(17(21)14-7-9-15(19)10-8-14)20-18(22)24-11-13-5-3-2-4-6-13/h2-10,16-17,21H,11-12H2,1H3,(H,20,22)/t16-,17-/m1/s1. The summed E-state index contributed by atoms with van der Waals surface area (Å²) in [6.45, 7) is 0.332. The predicted molar refractivity (Wildman–Crippen MR) is 94.5 cm³/mol. The number of halogens is 1. The number of aliphatic hydroxyl groups excluding tert-OH is 1. The Labute approximate surface area is 149 Å². The number of alkyl carbamates (subject to hydrolysis) is 1. The van der Waals surface area contributed by atoms with Gasteiger partial charge in [-0.3, -0.25) is 0 Å². The van der Waals surface area contributed by atoms with Gasteiger partial charge in [-0.2, -0.15) is 0 Å². The first-order chi connectivity index (χ1) is 11.6. The van der Waals surface area contributed by atoms with Crippen LogP contribution < -0.4 is 5.32 Å². The van der Waals surface area contributed by atoms with Crippen LogP contribution >= 0.6 is 15.9 Å². The first kappa shape index (κ1) is 18.4. The summed E-state index contributed by atoms with van der Waals surface area (Å²) in [7, 11) is 1.51. The fourth-order valence-corrected chi connectivity index (χ4v) is 2.46.